The highest BCUT2D eigenvalue weighted by atomic mass is 32.2. The van der Waals surface area contributed by atoms with Crippen molar-refractivity contribution in [2.45, 2.75) is 41.7 Å². The fourth-order valence-electron chi connectivity index (χ4n) is 3.71. The molecular formula is C23H24N6O3S2. The van der Waals surface area contributed by atoms with Crippen molar-refractivity contribution in [3.8, 4) is 5.69 Å². The third-order valence-corrected chi connectivity index (χ3v) is 7.81. The van der Waals surface area contributed by atoms with Crippen LogP contribution in [0, 0.1) is 0 Å². The van der Waals surface area contributed by atoms with Crippen molar-refractivity contribution in [2.24, 2.45) is 4.99 Å². The van der Waals surface area contributed by atoms with Gasteiger partial charge in [0, 0.05) is 30.3 Å². The predicted octanol–water partition coefficient (Wildman–Crippen LogP) is 3.35. The lowest BCUT2D eigenvalue weighted by molar-refractivity contribution is -0.113. The maximum atomic E-state index is 12.7. The molecule has 1 amide bonds. The molecule has 1 fully saturated rings. The molecule has 9 nitrogen and oxygen atoms in total. The van der Waals surface area contributed by atoms with E-state index in [9.17, 15) is 13.2 Å². The molecule has 176 valence electrons. The fourth-order valence-corrected chi connectivity index (χ4v) is 5.60. The minimum atomic E-state index is -3.75. The number of carbonyl (C=O) groups is 1. The van der Waals surface area contributed by atoms with Crippen molar-refractivity contribution < 1.29 is 13.2 Å². The van der Waals surface area contributed by atoms with E-state index in [1.807, 2.05) is 34.9 Å². The molecular weight excluding hydrogens is 472 g/mol. The molecule has 3 aromatic rings. The molecule has 0 bridgehead atoms. The van der Waals surface area contributed by atoms with Crippen LogP contribution in [0.1, 0.15) is 37.4 Å². The molecule has 11 heteroatoms. The maximum absolute atomic E-state index is 12.7. The van der Waals surface area contributed by atoms with E-state index < -0.39 is 10.0 Å². The number of hydrogen-bond acceptors (Lipinski definition) is 7. The third-order valence-electron chi connectivity index (χ3n) is 5.50. The highest BCUT2D eigenvalue weighted by molar-refractivity contribution is 7.99. The second kappa shape index (κ2) is 9.59. The summed E-state index contributed by atoms with van der Waals surface area (Å²) in [4.78, 5) is 16.9. The molecule has 0 spiro atoms. The van der Waals surface area contributed by atoms with E-state index in [0.717, 1.165) is 30.8 Å². The molecule has 2 aliphatic rings. The molecule has 1 aliphatic carbocycles. The number of hydrogen-bond donors (Lipinski definition) is 2. The van der Waals surface area contributed by atoms with Gasteiger partial charge >= 0.3 is 0 Å². The molecule has 2 aromatic carbocycles. The number of amidine groups is 1. The van der Waals surface area contributed by atoms with E-state index in [-0.39, 0.29) is 16.6 Å². The summed E-state index contributed by atoms with van der Waals surface area (Å²) in [5.41, 5.74) is 1.37. The van der Waals surface area contributed by atoms with Crippen LogP contribution in [0.3, 0.4) is 0 Å². The van der Waals surface area contributed by atoms with Crippen LogP contribution in [0.25, 0.3) is 5.69 Å². The van der Waals surface area contributed by atoms with Crippen molar-refractivity contribution in [2.75, 3.05) is 17.6 Å². The first kappa shape index (κ1) is 22.6. The zero-order valence-electron chi connectivity index (χ0n) is 18.3. The topological polar surface area (TPSA) is 118 Å². The average Bonchev–Trinajstić information content (AvgIpc) is 3.39. The van der Waals surface area contributed by atoms with Gasteiger partial charge in [0.15, 0.2) is 5.16 Å². The zero-order chi connectivity index (χ0) is 23.5. The summed E-state index contributed by atoms with van der Waals surface area (Å²) in [6.45, 7) is 0.631. The number of thioether (sulfide) groups is 1. The maximum Gasteiger partial charge on any atom is 0.262 e. The van der Waals surface area contributed by atoms with Gasteiger partial charge in [-0.3, -0.25) is 19.1 Å². The number of amides is 1. The SMILES string of the molecule is O=C(CSc1nnc(C2CC2)n1-c1ccccc1)Nc1cccc(S(=O)(=O)NC2=NCCC2)c1. The number of rotatable bonds is 8. The Hall–Kier alpha value is -3.18. The lowest BCUT2D eigenvalue weighted by atomic mass is 10.3. The van der Waals surface area contributed by atoms with E-state index in [1.54, 1.807) is 12.1 Å². The fraction of sp³-hybridized carbons (Fsp3) is 0.304. The lowest BCUT2D eigenvalue weighted by Gasteiger charge is -2.11. The van der Waals surface area contributed by atoms with Gasteiger partial charge < -0.3 is 5.32 Å². The standard InChI is InChI=1S/C23H24N6O3S2/c30-21(25-17-6-4-9-19(14-17)34(31,32)28-20-10-5-13-24-20)15-33-23-27-26-22(16-11-12-16)29(23)18-7-2-1-3-8-18/h1-4,6-9,14,16H,5,10-13,15H2,(H,24,28)(H,25,30). The van der Waals surface area contributed by atoms with Crippen molar-refractivity contribution in [3.05, 3.63) is 60.4 Å². The van der Waals surface area contributed by atoms with E-state index in [0.29, 0.717) is 35.6 Å². The number of aliphatic imine (C=N–C) groups is 1. The first-order valence-electron chi connectivity index (χ1n) is 11.1. The van der Waals surface area contributed by atoms with Gasteiger partial charge in [0.25, 0.3) is 10.0 Å². The van der Waals surface area contributed by atoms with E-state index in [4.69, 9.17) is 0 Å². The summed E-state index contributed by atoms with van der Waals surface area (Å²) in [6, 6.07) is 16.1. The van der Waals surface area contributed by atoms with Crippen LogP contribution in [0.4, 0.5) is 5.69 Å². The Kier molecular flexibility index (Phi) is 6.38. The van der Waals surface area contributed by atoms with Crippen molar-refractivity contribution in [1.82, 2.24) is 19.5 Å². The molecule has 5 rings (SSSR count). The van der Waals surface area contributed by atoms with Gasteiger partial charge in [0.05, 0.1) is 10.6 Å². The van der Waals surface area contributed by atoms with E-state index in [1.165, 1.54) is 23.9 Å². The largest absolute Gasteiger partial charge is 0.325 e. The monoisotopic (exact) mass is 496 g/mol. The number of sulfonamides is 1. The molecule has 0 saturated heterocycles. The molecule has 0 atom stereocenters. The van der Waals surface area contributed by atoms with Crippen LogP contribution in [0.5, 0.6) is 0 Å². The Morgan fingerprint density at radius 3 is 2.65 bits per heavy atom. The molecule has 0 radical (unpaired) electrons. The second-order valence-corrected chi connectivity index (χ2v) is 10.8. The van der Waals surface area contributed by atoms with E-state index >= 15 is 0 Å². The second-order valence-electron chi connectivity index (χ2n) is 8.19. The van der Waals surface area contributed by atoms with Gasteiger partial charge in [-0.2, -0.15) is 0 Å². The zero-order valence-corrected chi connectivity index (χ0v) is 20.0. The average molecular weight is 497 g/mol. The third kappa shape index (κ3) is 5.15. The number of benzene rings is 2. The van der Waals surface area contributed by atoms with Crippen LogP contribution in [-0.4, -0.2) is 47.2 Å². The number of nitrogens with zero attached hydrogens (tertiary/aromatic N) is 4. The summed E-state index contributed by atoms with van der Waals surface area (Å²) in [5, 5.41) is 12.1. The molecule has 1 aliphatic heterocycles. The highest BCUT2D eigenvalue weighted by Crippen LogP contribution is 2.41. The quantitative estimate of drug-likeness (QED) is 0.462. The van der Waals surface area contributed by atoms with E-state index in [2.05, 4.69) is 25.2 Å². The minimum Gasteiger partial charge on any atom is -0.325 e. The van der Waals surface area contributed by atoms with Gasteiger partial charge in [-0.25, -0.2) is 8.42 Å². The Labute approximate surface area is 202 Å². The first-order chi connectivity index (χ1) is 16.5. The number of anilines is 1. The minimum absolute atomic E-state index is 0.0745. The smallest absolute Gasteiger partial charge is 0.262 e. The molecule has 1 aromatic heterocycles. The first-order valence-corrected chi connectivity index (χ1v) is 13.6. The van der Waals surface area contributed by atoms with Gasteiger partial charge in [-0.05, 0) is 49.6 Å². The number of carbonyl (C=O) groups excluding carboxylic acids is 1. The Bertz CT molecular complexity index is 1330. The Morgan fingerprint density at radius 2 is 1.91 bits per heavy atom. The van der Waals surface area contributed by atoms with Crippen LogP contribution < -0.4 is 10.0 Å². The van der Waals surface area contributed by atoms with Gasteiger partial charge in [0.2, 0.25) is 5.91 Å². The number of para-hydroxylation sites is 1. The summed E-state index contributed by atoms with van der Waals surface area (Å²) in [6.07, 6.45) is 3.64. The van der Waals surface area contributed by atoms with Crippen LogP contribution in [0.2, 0.25) is 0 Å². The predicted molar refractivity (Wildman–Crippen MR) is 131 cm³/mol. The summed E-state index contributed by atoms with van der Waals surface area (Å²) in [5.74, 6) is 1.65. The summed E-state index contributed by atoms with van der Waals surface area (Å²) < 4.78 is 29.8. The van der Waals surface area contributed by atoms with Gasteiger partial charge in [-0.15, -0.1) is 10.2 Å². The number of nitrogens with one attached hydrogen (secondary N) is 2. The molecule has 2 heterocycles. The molecule has 34 heavy (non-hydrogen) atoms. The van der Waals surface area contributed by atoms with Crippen LogP contribution >= 0.6 is 11.8 Å². The van der Waals surface area contributed by atoms with Gasteiger partial charge in [0.1, 0.15) is 11.7 Å². The van der Waals surface area contributed by atoms with Crippen LogP contribution in [-0.2, 0) is 14.8 Å². The molecule has 0 unspecified atom stereocenters. The van der Waals surface area contributed by atoms with Crippen molar-refractivity contribution in [3.63, 3.8) is 0 Å². The lowest BCUT2D eigenvalue weighted by Crippen LogP contribution is -2.29. The van der Waals surface area contributed by atoms with Crippen molar-refractivity contribution >= 4 is 39.2 Å². The summed E-state index contributed by atoms with van der Waals surface area (Å²) >= 11 is 1.30. The van der Waals surface area contributed by atoms with Gasteiger partial charge in [-0.1, -0.05) is 36.0 Å². The Morgan fingerprint density at radius 1 is 1.09 bits per heavy atom. The van der Waals surface area contributed by atoms with Crippen molar-refractivity contribution in [1.29, 1.82) is 0 Å². The number of aromatic nitrogens is 3. The molecule has 2 N–H and O–H groups in total. The Balaban J connectivity index is 1.26. The normalized spacial score (nSPS) is 15.7. The highest BCUT2D eigenvalue weighted by Gasteiger charge is 2.31. The molecule has 1 saturated carbocycles. The van der Waals surface area contributed by atoms with Crippen LogP contribution in [0.15, 0.2) is 69.6 Å². The summed E-state index contributed by atoms with van der Waals surface area (Å²) in [7, 11) is -3.75.